The second-order valence-corrected chi connectivity index (χ2v) is 4.74. The quantitative estimate of drug-likeness (QED) is 0.586. The van der Waals surface area contributed by atoms with Gasteiger partial charge in [0.05, 0.1) is 0 Å². The van der Waals surface area contributed by atoms with Gasteiger partial charge in [0.25, 0.3) is 0 Å². The van der Waals surface area contributed by atoms with Crippen molar-refractivity contribution in [3.8, 4) is 0 Å². The zero-order valence-corrected chi connectivity index (χ0v) is 11.6. The molecule has 1 heterocycles. The Kier molecular flexibility index (Phi) is 6.08. The molecule has 0 radical (unpaired) electrons. The van der Waals surface area contributed by atoms with E-state index in [4.69, 9.17) is 11.6 Å². The van der Waals surface area contributed by atoms with Gasteiger partial charge in [-0.15, -0.1) is 11.8 Å². The molecule has 17 heavy (non-hydrogen) atoms. The van der Waals surface area contributed by atoms with Crippen molar-refractivity contribution in [2.24, 2.45) is 4.99 Å². The summed E-state index contributed by atoms with van der Waals surface area (Å²) in [5, 5.41) is 1.39. The summed E-state index contributed by atoms with van der Waals surface area (Å²) in [5.74, 6) is 0.819. The maximum atomic E-state index is 6.04. The molecule has 0 spiro atoms. The molecule has 0 aliphatic heterocycles. The Morgan fingerprint density at radius 2 is 2.41 bits per heavy atom. The number of hydrogen-bond donors (Lipinski definition) is 0. The first-order valence-electron chi connectivity index (χ1n) is 5.28. The highest BCUT2D eigenvalue weighted by Crippen LogP contribution is 2.28. The molecule has 1 aromatic heterocycles. The molecule has 0 bridgehead atoms. The van der Waals surface area contributed by atoms with Gasteiger partial charge in [0.1, 0.15) is 5.03 Å². The number of aliphatic imine (C=N–C) groups is 1. The van der Waals surface area contributed by atoms with Crippen LogP contribution >= 0.6 is 23.4 Å². The van der Waals surface area contributed by atoms with Crippen molar-refractivity contribution in [2.45, 2.75) is 12.7 Å². The van der Waals surface area contributed by atoms with Crippen LogP contribution in [0.5, 0.6) is 0 Å². The molecule has 5 heteroatoms. The Labute approximate surface area is 112 Å². The van der Waals surface area contributed by atoms with Crippen LogP contribution in [0.4, 0.5) is 0 Å². The predicted molar refractivity (Wildman–Crippen MR) is 76.3 cm³/mol. The van der Waals surface area contributed by atoms with Gasteiger partial charge in [-0.25, -0.2) is 4.99 Å². The molecule has 1 rings (SSSR count). The summed E-state index contributed by atoms with van der Waals surface area (Å²) in [7, 11) is 1.99. The van der Waals surface area contributed by atoms with Crippen LogP contribution in [0.1, 0.15) is 12.5 Å². The third-order valence-corrected chi connectivity index (χ3v) is 3.90. The first kappa shape index (κ1) is 14.1. The number of aromatic nitrogens is 1. The third-order valence-electron chi connectivity index (χ3n) is 2.23. The lowest BCUT2D eigenvalue weighted by molar-refractivity contribution is 0.470. The normalized spacial score (nSPS) is 11.9. The first-order chi connectivity index (χ1) is 8.19. The molecule has 1 aromatic rings. The van der Waals surface area contributed by atoms with Crippen molar-refractivity contribution in [2.75, 3.05) is 13.6 Å². The van der Waals surface area contributed by atoms with E-state index in [1.165, 1.54) is 0 Å². The molecule has 0 aliphatic carbocycles. The van der Waals surface area contributed by atoms with E-state index in [9.17, 15) is 0 Å². The fraction of sp³-hybridized carbons (Fsp3) is 0.333. The monoisotopic (exact) mass is 269 g/mol. The summed E-state index contributed by atoms with van der Waals surface area (Å²) in [5.41, 5.74) is 1.16. The van der Waals surface area contributed by atoms with Crippen LogP contribution in [0.3, 0.4) is 0 Å². The largest absolute Gasteiger partial charge is 0.367 e. The number of pyridine rings is 1. The lowest BCUT2D eigenvalue weighted by atomic mass is 10.3. The maximum absolute atomic E-state index is 6.04. The molecule has 0 saturated carbocycles. The van der Waals surface area contributed by atoms with Gasteiger partial charge in [0.2, 0.25) is 0 Å². The van der Waals surface area contributed by atoms with Gasteiger partial charge >= 0.3 is 0 Å². The van der Waals surface area contributed by atoms with E-state index in [0.717, 1.165) is 22.9 Å². The molecular weight excluding hydrogens is 254 g/mol. The summed E-state index contributed by atoms with van der Waals surface area (Å²) >= 11 is 7.68. The Hall–Kier alpha value is -1.00. The van der Waals surface area contributed by atoms with E-state index in [1.807, 2.05) is 25.4 Å². The summed E-state index contributed by atoms with van der Waals surface area (Å²) in [6.07, 6.45) is 3.62. The molecule has 0 aromatic carbocycles. The Bertz CT molecular complexity index is 392. The predicted octanol–water partition coefficient (Wildman–Crippen LogP) is 3.33. The zero-order chi connectivity index (χ0) is 12.7. The molecule has 92 valence electrons. The fourth-order valence-electron chi connectivity index (χ4n) is 1.17. The van der Waals surface area contributed by atoms with E-state index in [1.54, 1.807) is 18.0 Å². The summed E-state index contributed by atoms with van der Waals surface area (Å²) in [6.45, 7) is 6.40. The first-order valence-corrected chi connectivity index (χ1v) is 6.64. The maximum Gasteiger partial charge on any atom is 0.158 e. The lowest BCUT2D eigenvalue weighted by Crippen LogP contribution is -2.15. The average Bonchev–Trinajstić information content (AvgIpc) is 2.39. The standard InChI is InChI=1S/C12H16ClN3S/c1-4-16(3)12(11(13)14-2)17-9-10-6-5-7-15-8-10/h5-8H,2,4,9H2,1,3H3/b12-11-. The van der Waals surface area contributed by atoms with Crippen LogP contribution in [0.25, 0.3) is 0 Å². The van der Waals surface area contributed by atoms with Gasteiger partial charge in [-0.05, 0) is 25.3 Å². The molecule has 0 saturated heterocycles. The topological polar surface area (TPSA) is 28.5 Å². The highest BCUT2D eigenvalue weighted by atomic mass is 35.5. The molecule has 0 atom stereocenters. The van der Waals surface area contributed by atoms with Crippen molar-refractivity contribution < 1.29 is 0 Å². The second kappa shape index (κ2) is 7.35. The SMILES string of the molecule is C=N/C(Cl)=C(\SCc1cccnc1)N(C)CC. The van der Waals surface area contributed by atoms with Gasteiger partial charge in [0.15, 0.2) is 5.16 Å². The van der Waals surface area contributed by atoms with E-state index < -0.39 is 0 Å². The van der Waals surface area contributed by atoms with Crippen LogP contribution in [0.15, 0.2) is 39.7 Å². The number of rotatable bonds is 6. The second-order valence-electron chi connectivity index (χ2n) is 3.42. The van der Waals surface area contributed by atoms with E-state index in [-0.39, 0.29) is 0 Å². The smallest absolute Gasteiger partial charge is 0.158 e. The van der Waals surface area contributed by atoms with Crippen molar-refractivity contribution in [3.05, 3.63) is 40.3 Å². The van der Waals surface area contributed by atoms with Gasteiger partial charge in [-0.3, -0.25) is 4.98 Å². The number of nitrogens with zero attached hydrogens (tertiary/aromatic N) is 3. The van der Waals surface area contributed by atoms with Crippen LogP contribution in [0, 0.1) is 0 Å². The van der Waals surface area contributed by atoms with Gasteiger partial charge in [-0.2, -0.15) is 0 Å². The van der Waals surface area contributed by atoms with Gasteiger partial charge in [0, 0.05) is 31.7 Å². The Balaban J connectivity index is 2.72. The highest BCUT2D eigenvalue weighted by Gasteiger charge is 2.09. The Morgan fingerprint density at radius 1 is 1.65 bits per heavy atom. The number of thioether (sulfide) groups is 1. The molecule has 0 aliphatic rings. The minimum atomic E-state index is 0.447. The van der Waals surface area contributed by atoms with Gasteiger partial charge < -0.3 is 4.90 Å². The number of hydrogen-bond acceptors (Lipinski definition) is 4. The molecule has 0 N–H and O–H groups in total. The van der Waals surface area contributed by atoms with Gasteiger partial charge in [-0.1, -0.05) is 17.7 Å². The zero-order valence-electron chi connectivity index (χ0n) is 10.1. The van der Waals surface area contributed by atoms with Crippen LogP contribution in [-0.4, -0.2) is 30.2 Å². The van der Waals surface area contributed by atoms with E-state index in [2.05, 4.69) is 28.5 Å². The summed E-state index contributed by atoms with van der Waals surface area (Å²) < 4.78 is 0. The van der Waals surface area contributed by atoms with Crippen molar-refractivity contribution in [1.82, 2.24) is 9.88 Å². The minimum absolute atomic E-state index is 0.447. The number of halogens is 1. The molecule has 3 nitrogen and oxygen atoms in total. The fourth-order valence-corrected chi connectivity index (χ4v) is 2.49. The van der Waals surface area contributed by atoms with Crippen LogP contribution in [-0.2, 0) is 5.75 Å². The van der Waals surface area contributed by atoms with Crippen molar-refractivity contribution in [1.29, 1.82) is 0 Å². The molecule has 0 fully saturated rings. The molecule has 0 unspecified atom stereocenters. The van der Waals surface area contributed by atoms with E-state index in [0.29, 0.717) is 5.16 Å². The summed E-state index contributed by atoms with van der Waals surface area (Å²) in [6, 6.07) is 3.97. The lowest BCUT2D eigenvalue weighted by Gasteiger charge is -2.20. The Morgan fingerprint density at radius 3 is 2.94 bits per heavy atom. The highest BCUT2D eigenvalue weighted by molar-refractivity contribution is 8.02. The summed E-state index contributed by atoms with van der Waals surface area (Å²) in [4.78, 5) is 9.92. The molecule has 0 amide bonds. The minimum Gasteiger partial charge on any atom is -0.367 e. The van der Waals surface area contributed by atoms with E-state index >= 15 is 0 Å². The van der Waals surface area contributed by atoms with Crippen molar-refractivity contribution in [3.63, 3.8) is 0 Å². The van der Waals surface area contributed by atoms with Crippen LogP contribution in [0.2, 0.25) is 0 Å². The third kappa shape index (κ3) is 4.40. The molecular formula is C12H16ClN3S. The average molecular weight is 270 g/mol. The van der Waals surface area contributed by atoms with Crippen LogP contribution < -0.4 is 0 Å². The van der Waals surface area contributed by atoms with Crippen molar-refractivity contribution >= 4 is 30.1 Å².